The van der Waals surface area contributed by atoms with Crippen LogP contribution in [0.3, 0.4) is 0 Å². The fraction of sp³-hybridized carbons (Fsp3) is 0.421. The highest BCUT2D eigenvalue weighted by molar-refractivity contribution is 7.98. The van der Waals surface area contributed by atoms with Crippen LogP contribution in [0.25, 0.3) is 0 Å². The molecule has 0 aliphatic rings. The summed E-state index contributed by atoms with van der Waals surface area (Å²) in [4.78, 5) is 12.7. The van der Waals surface area contributed by atoms with Gasteiger partial charge in [-0.2, -0.15) is 9.97 Å². The summed E-state index contributed by atoms with van der Waals surface area (Å²) < 4.78 is 0. The first-order valence-corrected chi connectivity index (χ1v) is 10.3. The van der Waals surface area contributed by atoms with Crippen molar-refractivity contribution in [1.29, 1.82) is 0 Å². The number of nitrogens with one attached hydrogen (secondary N) is 1. The van der Waals surface area contributed by atoms with E-state index >= 15 is 0 Å². The summed E-state index contributed by atoms with van der Waals surface area (Å²) >= 11 is 7.84. The zero-order chi connectivity index (χ0) is 19.8. The van der Waals surface area contributed by atoms with E-state index in [0.29, 0.717) is 17.9 Å². The van der Waals surface area contributed by atoms with Crippen LogP contribution in [-0.4, -0.2) is 39.5 Å². The number of nitrogens with two attached hydrogens (primary N) is 1. The van der Waals surface area contributed by atoms with Crippen LogP contribution < -0.4 is 11.1 Å². The second-order valence-corrected chi connectivity index (χ2v) is 7.19. The molecule has 0 fully saturated rings. The Hall–Kier alpha value is -2.01. The summed E-state index contributed by atoms with van der Waals surface area (Å²) in [5, 5.41) is 13.7. The normalized spacial score (nSPS) is 11.6. The number of nitrogen functional groups attached to an aromatic ring is 1. The van der Waals surface area contributed by atoms with Crippen LogP contribution in [0.1, 0.15) is 36.6 Å². The van der Waals surface area contributed by atoms with Gasteiger partial charge in [0.05, 0.1) is 10.7 Å². The summed E-state index contributed by atoms with van der Waals surface area (Å²) in [6.07, 6.45) is 3.70. The molecule has 0 saturated carbocycles. The Kier molecular flexibility index (Phi) is 8.17. The molecule has 8 heteroatoms. The lowest BCUT2D eigenvalue weighted by atomic mass is 10.0. The summed E-state index contributed by atoms with van der Waals surface area (Å²) in [5.41, 5.74) is 7.89. The molecule has 1 atom stereocenters. The summed E-state index contributed by atoms with van der Waals surface area (Å²) in [5.74, 6) is 6.97. The largest absolute Gasteiger partial charge is 0.396 e. The van der Waals surface area contributed by atoms with Crippen molar-refractivity contribution in [2.24, 2.45) is 5.92 Å². The molecule has 1 unspecified atom stereocenters. The highest BCUT2D eigenvalue weighted by atomic mass is 35.5. The number of aromatic nitrogens is 3. The topological polar surface area (TPSA) is 97.0 Å². The number of pyridine rings is 1. The Morgan fingerprint density at radius 1 is 1.30 bits per heavy atom. The van der Waals surface area contributed by atoms with Crippen molar-refractivity contribution in [1.82, 2.24) is 15.0 Å². The van der Waals surface area contributed by atoms with Crippen molar-refractivity contribution in [2.45, 2.75) is 31.7 Å². The fourth-order valence-corrected chi connectivity index (χ4v) is 3.08. The van der Waals surface area contributed by atoms with Gasteiger partial charge in [0.25, 0.3) is 0 Å². The minimum Gasteiger partial charge on any atom is -0.396 e. The predicted octanol–water partition coefficient (Wildman–Crippen LogP) is 3.36. The van der Waals surface area contributed by atoms with Gasteiger partial charge in [-0.15, -0.1) is 11.8 Å². The lowest BCUT2D eigenvalue weighted by molar-refractivity contribution is 0.217. The molecule has 4 N–H and O–H groups in total. The molecule has 2 aromatic heterocycles. The van der Waals surface area contributed by atoms with E-state index in [9.17, 15) is 5.11 Å². The van der Waals surface area contributed by atoms with Crippen LogP contribution in [0, 0.1) is 24.7 Å². The van der Waals surface area contributed by atoms with E-state index in [0.717, 1.165) is 29.1 Å². The molecule has 0 aliphatic carbocycles. The second kappa shape index (κ2) is 10.4. The fourth-order valence-electron chi connectivity index (χ4n) is 2.42. The average molecular weight is 406 g/mol. The van der Waals surface area contributed by atoms with E-state index in [1.165, 1.54) is 0 Å². The van der Waals surface area contributed by atoms with Gasteiger partial charge in [-0.25, -0.2) is 4.98 Å². The van der Waals surface area contributed by atoms with E-state index in [4.69, 9.17) is 17.3 Å². The summed E-state index contributed by atoms with van der Waals surface area (Å²) in [6.45, 7) is 4.76. The van der Waals surface area contributed by atoms with E-state index < -0.39 is 0 Å². The lowest BCUT2D eigenvalue weighted by Crippen LogP contribution is -2.14. The molecule has 0 saturated heterocycles. The number of hydrogen-bond donors (Lipinski definition) is 3. The third-order valence-electron chi connectivity index (χ3n) is 4.15. The minimum atomic E-state index is 0.0874. The molecule has 0 bridgehead atoms. The molecular weight excluding hydrogens is 382 g/mol. The van der Waals surface area contributed by atoms with Crippen LogP contribution in [0.5, 0.6) is 0 Å². The van der Waals surface area contributed by atoms with Crippen molar-refractivity contribution in [2.75, 3.05) is 30.5 Å². The zero-order valence-electron chi connectivity index (χ0n) is 15.7. The van der Waals surface area contributed by atoms with Crippen molar-refractivity contribution < 1.29 is 5.11 Å². The van der Waals surface area contributed by atoms with Gasteiger partial charge >= 0.3 is 0 Å². The molecule has 6 nitrogen and oxygen atoms in total. The molecule has 0 amide bonds. The zero-order valence-corrected chi connectivity index (χ0v) is 17.3. The number of aliphatic hydroxyl groups excluding tert-OH is 1. The second-order valence-electron chi connectivity index (χ2n) is 6.01. The molecule has 144 valence electrons. The first-order valence-electron chi connectivity index (χ1n) is 8.69. The number of halogens is 1. The van der Waals surface area contributed by atoms with Crippen LogP contribution in [0.4, 0.5) is 11.8 Å². The molecular formula is C19H24ClN5OS. The first-order chi connectivity index (χ1) is 13.0. The molecule has 0 spiro atoms. The number of thioether (sulfide) groups is 1. The quantitative estimate of drug-likeness (QED) is 0.369. The summed E-state index contributed by atoms with van der Waals surface area (Å²) in [7, 11) is 0. The third kappa shape index (κ3) is 5.99. The van der Waals surface area contributed by atoms with Gasteiger partial charge in [0.1, 0.15) is 11.4 Å². The van der Waals surface area contributed by atoms with E-state index in [2.05, 4.69) is 39.0 Å². The number of hydrogen-bond acceptors (Lipinski definition) is 7. The van der Waals surface area contributed by atoms with Gasteiger partial charge in [-0.1, -0.05) is 36.8 Å². The maximum atomic E-state index is 9.32. The highest BCUT2D eigenvalue weighted by Crippen LogP contribution is 2.22. The standard InChI is InChI=1S/C19H24ClN5OS/c1-4-13(11-26)9-10-22-18-15(17(20)24-19(21)25-18)7-5-14-6-8-16(27-3)23-12(14)2/h6,8,13,26H,4,9-11H2,1-3H3,(H3,21,22,24,25). The van der Waals surface area contributed by atoms with Gasteiger partial charge < -0.3 is 16.2 Å². The Balaban J connectivity index is 2.26. The lowest BCUT2D eigenvalue weighted by Gasteiger charge is -2.13. The molecule has 2 aromatic rings. The van der Waals surface area contributed by atoms with Crippen molar-refractivity contribution in [3.05, 3.63) is 34.1 Å². The molecule has 0 radical (unpaired) electrons. The van der Waals surface area contributed by atoms with E-state index in [1.807, 2.05) is 25.3 Å². The van der Waals surface area contributed by atoms with E-state index in [-0.39, 0.29) is 23.6 Å². The number of nitrogens with zero attached hydrogens (tertiary/aromatic N) is 3. The molecule has 27 heavy (non-hydrogen) atoms. The molecule has 0 aromatic carbocycles. The van der Waals surface area contributed by atoms with Crippen molar-refractivity contribution >= 4 is 35.1 Å². The smallest absolute Gasteiger partial charge is 0.223 e. The molecule has 0 aliphatic heterocycles. The van der Waals surface area contributed by atoms with Crippen LogP contribution in [-0.2, 0) is 0 Å². The highest BCUT2D eigenvalue weighted by Gasteiger charge is 2.11. The van der Waals surface area contributed by atoms with Crippen LogP contribution >= 0.6 is 23.4 Å². The monoisotopic (exact) mass is 405 g/mol. The first kappa shape index (κ1) is 21.3. The maximum absolute atomic E-state index is 9.32. The molecule has 2 rings (SSSR count). The maximum Gasteiger partial charge on any atom is 0.223 e. The number of anilines is 2. The van der Waals surface area contributed by atoms with Crippen molar-refractivity contribution in [3.8, 4) is 11.8 Å². The minimum absolute atomic E-state index is 0.0874. The average Bonchev–Trinajstić information content (AvgIpc) is 2.65. The van der Waals surface area contributed by atoms with E-state index in [1.54, 1.807) is 11.8 Å². The number of aryl methyl sites for hydroxylation is 1. The third-order valence-corrected chi connectivity index (χ3v) is 5.07. The number of aliphatic hydroxyl groups is 1. The molecule has 2 heterocycles. The predicted molar refractivity (Wildman–Crippen MR) is 112 cm³/mol. The Morgan fingerprint density at radius 3 is 2.70 bits per heavy atom. The van der Waals surface area contributed by atoms with Crippen LogP contribution in [0.15, 0.2) is 17.2 Å². The van der Waals surface area contributed by atoms with Gasteiger partial charge in [-0.3, -0.25) is 0 Å². The van der Waals surface area contributed by atoms with Gasteiger partial charge in [-0.05, 0) is 37.7 Å². The van der Waals surface area contributed by atoms with Gasteiger partial charge in [0, 0.05) is 18.7 Å². The SMILES string of the molecule is CCC(CO)CCNc1nc(N)nc(Cl)c1C#Cc1ccc(SC)nc1C. The Labute approximate surface area is 169 Å². The van der Waals surface area contributed by atoms with Gasteiger partial charge in [0.15, 0.2) is 5.15 Å². The number of rotatable bonds is 7. The van der Waals surface area contributed by atoms with Gasteiger partial charge in [0.2, 0.25) is 5.95 Å². The summed E-state index contributed by atoms with van der Waals surface area (Å²) in [6, 6.07) is 3.87. The van der Waals surface area contributed by atoms with Crippen molar-refractivity contribution in [3.63, 3.8) is 0 Å². The Morgan fingerprint density at radius 2 is 2.07 bits per heavy atom. The Bertz CT molecular complexity index is 846. The van der Waals surface area contributed by atoms with Crippen LogP contribution in [0.2, 0.25) is 5.15 Å².